The Labute approximate surface area is 116 Å². The molecule has 18 heavy (non-hydrogen) atoms. The topological polar surface area (TPSA) is 32.8 Å². The monoisotopic (exact) mass is 312 g/mol. The first-order chi connectivity index (χ1) is 8.56. The molecule has 0 radical (unpaired) electrons. The van der Waals surface area contributed by atoms with Crippen LogP contribution < -0.4 is 9.64 Å². The molecule has 1 saturated heterocycles. The average molecular weight is 313 g/mol. The predicted molar refractivity (Wildman–Crippen MR) is 75.2 cm³/mol. The van der Waals surface area contributed by atoms with Gasteiger partial charge in [0.1, 0.15) is 0 Å². The number of ether oxygens (including phenoxy) is 1. The first-order valence-corrected chi connectivity index (χ1v) is 6.77. The third-order valence-corrected chi connectivity index (χ3v) is 3.51. The van der Waals surface area contributed by atoms with Gasteiger partial charge in [0.25, 0.3) is 0 Å². The molecule has 0 atom stereocenters. The third-order valence-electron chi connectivity index (χ3n) is 3.02. The number of piperazine rings is 1. The Balaban J connectivity index is 2.23. The van der Waals surface area contributed by atoms with E-state index in [1.165, 1.54) is 6.92 Å². The maximum absolute atomic E-state index is 11.1. The number of hydrogen-bond donors (Lipinski definition) is 0. The van der Waals surface area contributed by atoms with Crippen molar-refractivity contribution in [3.05, 3.63) is 22.7 Å². The number of halogens is 1. The maximum Gasteiger partial charge on any atom is 0.308 e. The van der Waals surface area contributed by atoms with Gasteiger partial charge in [-0.05, 0) is 25.2 Å². The highest BCUT2D eigenvalue weighted by molar-refractivity contribution is 9.10. The van der Waals surface area contributed by atoms with E-state index in [0.717, 1.165) is 36.3 Å². The van der Waals surface area contributed by atoms with Gasteiger partial charge in [0.2, 0.25) is 0 Å². The molecule has 1 aromatic carbocycles. The number of anilines is 1. The van der Waals surface area contributed by atoms with Crippen LogP contribution in [0.25, 0.3) is 0 Å². The smallest absolute Gasteiger partial charge is 0.308 e. The quantitative estimate of drug-likeness (QED) is 0.618. The number of esters is 1. The van der Waals surface area contributed by atoms with Crippen molar-refractivity contribution in [1.29, 1.82) is 0 Å². The van der Waals surface area contributed by atoms with Crippen LogP contribution in [0.4, 0.5) is 5.69 Å². The Bertz CT molecular complexity index is 443. The van der Waals surface area contributed by atoms with Crippen LogP contribution in [0.1, 0.15) is 6.92 Å². The lowest BCUT2D eigenvalue weighted by Crippen LogP contribution is -2.44. The van der Waals surface area contributed by atoms with Gasteiger partial charge in [0.15, 0.2) is 5.75 Å². The van der Waals surface area contributed by atoms with Crippen molar-refractivity contribution in [2.75, 3.05) is 38.1 Å². The molecule has 2 rings (SSSR count). The maximum atomic E-state index is 11.1. The van der Waals surface area contributed by atoms with E-state index >= 15 is 0 Å². The Hall–Kier alpha value is -1.07. The second kappa shape index (κ2) is 5.71. The van der Waals surface area contributed by atoms with Gasteiger partial charge in [0, 0.05) is 37.6 Å². The number of carbonyl (C=O) groups is 1. The van der Waals surface area contributed by atoms with Gasteiger partial charge in [0.05, 0.1) is 5.69 Å². The zero-order valence-electron chi connectivity index (χ0n) is 10.6. The minimum atomic E-state index is -0.288. The molecule has 1 aliphatic heterocycles. The molecule has 0 aromatic heterocycles. The molecule has 1 aromatic rings. The van der Waals surface area contributed by atoms with E-state index < -0.39 is 0 Å². The summed E-state index contributed by atoms with van der Waals surface area (Å²) in [5.41, 5.74) is 0.988. The minimum absolute atomic E-state index is 0.288. The molecule has 1 heterocycles. The minimum Gasteiger partial charge on any atom is -0.424 e. The molecule has 0 spiro atoms. The Morgan fingerprint density at radius 3 is 2.56 bits per heavy atom. The van der Waals surface area contributed by atoms with Crippen molar-refractivity contribution in [3.8, 4) is 5.75 Å². The van der Waals surface area contributed by atoms with Crippen molar-refractivity contribution in [2.24, 2.45) is 0 Å². The van der Waals surface area contributed by atoms with Crippen molar-refractivity contribution < 1.29 is 9.53 Å². The largest absolute Gasteiger partial charge is 0.424 e. The van der Waals surface area contributed by atoms with E-state index in [4.69, 9.17) is 4.74 Å². The Morgan fingerprint density at radius 2 is 1.94 bits per heavy atom. The molecule has 1 aliphatic rings. The summed E-state index contributed by atoms with van der Waals surface area (Å²) in [6, 6.07) is 5.81. The summed E-state index contributed by atoms with van der Waals surface area (Å²) in [5, 5.41) is 0. The molecule has 5 heteroatoms. The number of carbonyl (C=O) groups excluding carboxylic acids is 1. The second-order valence-electron chi connectivity index (χ2n) is 4.50. The summed E-state index contributed by atoms with van der Waals surface area (Å²) in [4.78, 5) is 15.7. The number of nitrogens with zero attached hydrogens (tertiary/aromatic N) is 2. The van der Waals surface area contributed by atoms with Crippen molar-refractivity contribution >= 4 is 27.6 Å². The zero-order chi connectivity index (χ0) is 13.1. The Morgan fingerprint density at radius 1 is 1.28 bits per heavy atom. The van der Waals surface area contributed by atoms with Crippen LogP contribution in [0, 0.1) is 0 Å². The van der Waals surface area contributed by atoms with Crippen LogP contribution in [0.2, 0.25) is 0 Å². The summed E-state index contributed by atoms with van der Waals surface area (Å²) < 4.78 is 6.20. The number of likely N-dealkylation sites (N-methyl/N-ethyl adjacent to an activating group) is 1. The fourth-order valence-electron chi connectivity index (χ4n) is 2.03. The van der Waals surface area contributed by atoms with E-state index in [9.17, 15) is 4.79 Å². The van der Waals surface area contributed by atoms with Crippen molar-refractivity contribution in [2.45, 2.75) is 6.92 Å². The molecule has 1 fully saturated rings. The summed E-state index contributed by atoms with van der Waals surface area (Å²) in [7, 11) is 2.12. The highest BCUT2D eigenvalue weighted by atomic mass is 79.9. The molecule has 0 saturated carbocycles. The van der Waals surface area contributed by atoms with Crippen LogP contribution in [-0.2, 0) is 4.79 Å². The van der Waals surface area contributed by atoms with E-state index in [1.54, 1.807) is 0 Å². The van der Waals surface area contributed by atoms with Gasteiger partial charge < -0.3 is 14.5 Å². The van der Waals surface area contributed by atoms with E-state index in [1.807, 2.05) is 18.2 Å². The molecule has 0 N–H and O–H groups in total. The number of hydrogen-bond acceptors (Lipinski definition) is 4. The van der Waals surface area contributed by atoms with Crippen LogP contribution >= 0.6 is 15.9 Å². The first-order valence-electron chi connectivity index (χ1n) is 5.98. The number of benzene rings is 1. The van der Waals surface area contributed by atoms with Crippen LogP contribution in [0.5, 0.6) is 5.75 Å². The van der Waals surface area contributed by atoms with Crippen LogP contribution in [0.3, 0.4) is 0 Å². The standard InChI is InChI=1S/C13H17BrN2O2/c1-10(17)18-13-9-11(14)3-4-12(13)16-7-5-15(2)6-8-16/h3-4,9H,5-8H2,1-2H3. The molecule has 98 valence electrons. The lowest BCUT2D eigenvalue weighted by molar-refractivity contribution is -0.131. The normalized spacial score (nSPS) is 16.7. The van der Waals surface area contributed by atoms with Gasteiger partial charge in [-0.2, -0.15) is 0 Å². The van der Waals surface area contributed by atoms with E-state index in [-0.39, 0.29) is 5.97 Å². The van der Waals surface area contributed by atoms with Gasteiger partial charge in [-0.3, -0.25) is 4.79 Å². The van der Waals surface area contributed by atoms with E-state index in [2.05, 4.69) is 32.8 Å². The van der Waals surface area contributed by atoms with Crippen LogP contribution in [-0.4, -0.2) is 44.1 Å². The molecule has 0 bridgehead atoms. The Kier molecular flexibility index (Phi) is 4.24. The van der Waals surface area contributed by atoms with Gasteiger partial charge in [-0.25, -0.2) is 0 Å². The van der Waals surface area contributed by atoms with E-state index in [0.29, 0.717) is 5.75 Å². The lowest BCUT2D eigenvalue weighted by Gasteiger charge is -2.34. The van der Waals surface area contributed by atoms with Crippen molar-refractivity contribution in [3.63, 3.8) is 0 Å². The average Bonchev–Trinajstić information content (AvgIpc) is 2.30. The summed E-state index contributed by atoms with van der Waals surface area (Å²) >= 11 is 3.40. The molecule has 0 amide bonds. The van der Waals surface area contributed by atoms with Crippen molar-refractivity contribution in [1.82, 2.24) is 4.90 Å². The fourth-order valence-corrected chi connectivity index (χ4v) is 2.37. The molecular weight excluding hydrogens is 296 g/mol. The summed E-state index contributed by atoms with van der Waals surface area (Å²) in [6.45, 7) is 5.37. The third kappa shape index (κ3) is 3.23. The van der Waals surface area contributed by atoms with Gasteiger partial charge in [-0.15, -0.1) is 0 Å². The highest BCUT2D eigenvalue weighted by Crippen LogP contribution is 2.32. The number of rotatable bonds is 2. The first kappa shape index (κ1) is 13.4. The summed E-state index contributed by atoms with van der Waals surface area (Å²) in [5.74, 6) is 0.338. The molecule has 0 unspecified atom stereocenters. The van der Waals surface area contributed by atoms with Gasteiger partial charge in [-0.1, -0.05) is 15.9 Å². The molecular formula is C13H17BrN2O2. The molecule has 0 aliphatic carbocycles. The fraction of sp³-hybridized carbons (Fsp3) is 0.462. The SMILES string of the molecule is CC(=O)Oc1cc(Br)ccc1N1CCN(C)CC1. The predicted octanol–water partition coefficient (Wildman–Crippen LogP) is 2.13. The lowest BCUT2D eigenvalue weighted by atomic mass is 10.2. The summed E-state index contributed by atoms with van der Waals surface area (Å²) in [6.07, 6.45) is 0. The van der Waals surface area contributed by atoms with Crippen LogP contribution in [0.15, 0.2) is 22.7 Å². The highest BCUT2D eigenvalue weighted by Gasteiger charge is 2.18. The zero-order valence-corrected chi connectivity index (χ0v) is 12.2. The van der Waals surface area contributed by atoms with Gasteiger partial charge >= 0.3 is 5.97 Å². The molecule has 4 nitrogen and oxygen atoms in total. The second-order valence-corrected chi connectivity index (χ2v) is 5.41.